The number of pyridine rings is 1. The Morgan fingerprint density at radius 3 is 2.73 bits per heavy atom. The first-order chi connectivity index (χ1) is 12.5. The van der Waals surface area contributed by atoms with Crippen LogP contribution < -0.4 is 9.79 Å². The normalized spacial score (nSPS) is 13.5. The lowest BCUT2D eigenvalue weighted by Crippen LogP contribution is -2.29. The number of rotatable bonds is 4. The number of amides is 1. The molecule has 0 saturated heterocycles. The summed E-state index contributed by atoms with van der Waals surface area (Å²) in [6.07, 6.45) is 4.57. The molecular weight excluding hydrogens is 356 g/mol. The summed E-state index contributed by atoms with van der Waals surface area (Å²) in [4.78, 5) is 18.6. The van der Waals surface area contributed by atoms with Gasteiger partial charge in [-0.05, 0) is 29.7 Å². The Bertz CT molecular complexity index is 1020. The Hall–Kier alpha value is -3.22. The molecule has 9 heteroatoms. The lowest BCUT2D eigenvalue weighted by atomic mass is 10.1. The van der Waals surface area contributed by atoms with Gasteiger partial charge in [-0.2, -0.15) is 0 Å². The predicted octanol–water partition coefficient (Wildman–Crippen LogP) is 1.90. The molecule has 1 aliphatic rings. The van der Waals surface area contributed by atoms with Crippen LogP contribution in [0.4, 0.5) is 11.5 Å². The fraction of sp³-hybridized carbons (Fsp3) is 0.118. The summed E-state index contributed by atoms with van der Waals surface area (Å²) in [5.74, 6) is -0.319. The number of nitrogens with one attached hydrogen (secondary N) is 1. The van der Waals surface area contributed by atoms with E-state index in [2.05, 4.69) is 9.83 Å². The number of aromatic nitrogens is 1. The Kier molecular flexibility index (Phi) is 4.71. The van der Waals surface area contributed by atoms with Gasteiger partial charge in [-0.3, -0.25) is 10.0 Å². The van der Waals surface area contributed by atoms with Crippen molar-refractivity contribution in [3.63, 3.8) is 0 Å². The zero-order valence-corrected chi connectivity index (χ0v) is 14.3. The van der Waals surface area contributed by atoms with Crippen molar-refractivity contribution < 1.29 is 18.4 Å². The molecule has 0 radical (unpaired) electrons. The van der Waals surface area contributed by atoms with Crippen molar-refractivity contribution in [3.8, 4) is 0 Å². The van der Waals surface area contributed by atoms with E-state index in [1.165, 1.54) is 46.3 Å². The SMILES string of the molecule is [C-]#[N+]c1ccc(S(=O)(=O)N2CCc3cc(/C=C/C(=O)NO)cnc32)cc1. The van der Waals surface area contributed by atoms with Crippen molar-refractivity contribution in [1.29, 1.82) is 0 Å². The lowest BCUT2D eigenvalue weighted by molar-refractivity contribution is -0.124. The topological polar surface area (TPSA) is 104 Å². The molecule has 1 amide bonds. The van der Waals surface area contributed by atoms with Crippen LogP contribution in [0.3, 0.4) is 0 Å². The summed E-state index contributed by atoms with van der Waals surface area (Å²) in [5, 5.41) is 8.48. The van der Waals surface area contributed by atoms with Crippen molar-refractivity contribution in [2.24, 2.45) is 0 Å². The highest BCUT2D eigenvalue weighted by Crippen LogP contribution is 2.32. The number of fused-ring (bicyclic) bond motifs is 1. The fourth-order valence-corrected chi connectivity index (χ4v) is 4.07. The second kappa shape index (κ2) is 6.95. The van der Waals surface area contributed by atoms with E-state index in [9.17, 15) is 13.2 Å². The summed E-state index contributed by atoms with van der Waals surface area (Å²) in [7, 11) is -3.77. The number of benzene rings is 1. The van der Waals surface area contributed by atoms with Crippen LogP contribution in [0.15, 0.2) is 47.5 Å². The average Bonchev–Trinajstić information content (AvgIpc) is 3.10. The van der Waals surface area contributed by atoms with Crippen LogP contribution in [-0.4, -0.2) is 31.1 Å². The zero-order chi connectivity index (χ0) is 18.7. The number of hydrogen-bond acceptors (Lipinski definition) is 5. The highest BCUT2D eigenvalue weighted by Gasteiger charge is 2.32. The van der Waals surface area contributed by atoms with Gasteiger partial charge in [0.1, 0.15) is 5.82 Å². The van der Waals surface area contributed by atoms with Gasteiger partial charge in [-0.25, -0.2) is 28.0 Å². The third-order valence-electron chi connectivity index (χ3n) is 3.88. The van der Waals surface area contributed by atoms with Gasteiger partial charge < -0.3 is 0 Å². The average molecular weight is 370 g/mol. The first-order valence-electron chi connectivity index (χ1n) is 7.57. The van der Waals surface area contributed by atoms with Crippen LogP contribution in [-0.2, 0) is 21.2 Å². The molecule has 1 aromatic carbocycles. The second-order valence-electron chi connectivity index (χ2n) is 5.49. The molecule has 0 unspecified atom stereocenters. The summed E-state index contributed by atoms with van der Waals surface area (Å²) in [6.45, 7) is 7.20. The monoisotopic (exact) mass is 370 g/mol. The minimum absolute atomic E-state index is 0.100. The molecule has 0 atom stereocenters. The van der Waals surface area contributed by atoms with Crippen LogP contribution >= 0.6 is 0 Å². The molecule has 2 heterocycles. The van der Waals surface area contributed by atoms with Crippen LogP contribution in [0.1, 0.15) is 11.1 Å². The molecule has 0 spiro atoms. The Morgan fingerprint density at radius 1 is 1.35 bits per heavy atom. The quantitative estimate of drug-likeness (QED) is 0.370. The fourth-order valence-electron chi connectivity index (χ4n) is 2.61. The molecule has 132 valence electrons. The van der Waals surface area contributed by atoms with Crippen LogP contribution in [0, 0.1) is 6.57 Å². The number of hydrogen-bond donors (Lipinski definition) is 2. The maximum Gasteiger partial charge on any atom is 0.267 e. The van der Waals surface area contributed by atoms with E-state index in [1.54, 1.807) is 6.07 Å². The Morgan fingerprint density at radius 2 is 2.08 bits per heavy atom. The third-order valence-corrected chi connectivity index (χ3v) is 5.68. The zero-order valence-electron chi connectivity index (χ0n) is 13.5. The van der Waals surface area contributed by atoms with Crippen LogP contribution in [0.2, 0.25) is 0 Å². The Labute approximate surface area is 150 Å². The van der Waals surface area contributed by atoms with E-state index in [1.807, 2.05) is 0 Å². The number of anilines is 1. The molecule has 3 rings (SSSR count). The molecule has 2 aromatic rings. The van der Waals surface area contributed by atoms with Crippen molar-refractivity contribution in [2.75, 3.05) is 10.8 Å². The maximum atomic E-state index is 12.8. The summed E-state index contributed by atoms with van der Waals surface area (Å²) in [5.41, 5.74) is 3.22. The number of hydroxylamine groups is 1. The minimum atomic E-state index is -3.77. The largest absolute Gasteiger partial charge is 0.288 e. The standard InChI is InChI=1S/C17H14N4O4S/c1-18-14-3-5-15(6-4-14)26(24,25)21-9-8-13-10-12(11-19-17(13)21)2-7-16(22)20-23/h2-7,10-11,23H,8-9H2,(H,20,22)/b7-2+. The van der Waals surface area contributed by atoms with E-state index in [-0.39, 0.29) is 11.4 Å². The van der Waals surface area contributed by atoms with E-state index >= 15 is 0 Å². The van der Waals surface area contributed by atoms with Gasteiger partial charge in [0.2, 0.25) is 0 Å². The van der Waals surface area contributed by atoms with Crippen molar-refractivity contribution in [2.45, 2.75) is 11.3 Å². The van der Waals surface area contributed by atoms with Crippen molar-refractivity contribution in [1.82, 2.24) is 10.5 Å². The van der Waals surface area contributed by atoms with Gasteiger partial charge in [0.05, 0.1) is 11.5 Å². The van der Waals surface area contributed by atoms with E-state index in [0.29, 0.717) is 23.5 Å². The van der Waals surface area contributed by atoms with Gasteiger partial charge in [-0.1, -0.05) is 24.3 Å². The maximum absolute atomic E-state index is 12.8. The van der Waals surface area contributed by atoms with E-state index in [4.69, 9.17) is 11.8 Å². The molecule has 0 saturated carbocycles. The first kappa shape index (κ1) is 17.6. The third kappa shape index (κ3) is 3.28. The van der Waals surface area contributed by atoms with Gasteiger partial charge in [0.25, 0.3) is 15.9 Å². The molecule has 2 N–H and O–H groups in total. The number of carbonyl (C=O) groups is 1. The number of carbonyl (C=O) groups excluding carboxylic acids is 1. The van der Waals surface area contributed by atoms with Crippen molar-refractivity contribution >= 4 is 33.5 Å². The van der Waals surface area contributed by atoms with Gasteiger partial charge in [0, 0.05) is 18.8 Å². The predicted molar refractivity (Wildman–Crippen MR) is 94.1 cm³/mol. The molecule has 8 nitrogen and oxygen atoms in total. The van der Waals surface area contributed by atoms with E-state index < -0.39 is 15.9 Å². The van der Waals surface area contributed by atoms with Crippen LogP contribution in [0.25, 0.3) is 10.9 Å². The highest BCUT2D eigenvalue weighted by molar-refractivity contribution is 7.92. The lowest BCUT2D eigenvalue weighted by Gasteiger charge is -2.18. The van der Waals surface area contributed by atoms with E-state index in [0.717, 1.165) is 11.6 Å². The Balaban J connectivity index is 1.90. The molecule has 0 bridgehead atoms. The second-order valence-corrected chi connectivity index (χ2v) is 7.36. The first-order valence-corrected chi connectivity index (χ1v) is 9.01. The molecule has 26 heavy (non-hydrogen) atoms. The number of nitrogens with zero attached hydrogens (tertiary/aromatic N) is 3. The molecule has 1 aliphatic heterocycles. The summed E-state index contributed by atoms with van der Waals surface area (Å²) in [6, 6.07) is 7.49. The summed E-state index contributed by atoms with van der Waals surface area (Å²) < 4.78 is 26.9. The minimum Gasteiger partial charge on any atom is -0.288 e. The van der Waals surface area contributed by atoms with Gasteiger partial charge in [-0.15, -0.1) is 0 Å². The van der Waals surface area contributed by atoms with Crippen LogP contribution in [0.5, 0.6) is 0 Å². The van der Waals surface area contributed by atoms with Gasteiger partial charge in [0.15, 0.2) is 5.69 Å². The highest BCUT2D eigenvalue weighted by atomic mass is 32.2. The smallest absolute Gasteiger partial charge is 0.267 e. The van der Waals surface area contributed by atoms with Gasteiger partial charge >= 0.3 is 0 Å². The molecule has 0 aliphatic carbocycles. The van der Waals surface area contributed by atoms with Crippen molar-refractivity contribution in [3.05, 3.63) is 65.1 Å². The molecular formula is C17H14N4O4S. The molecule has 0 fully saturated rings. The number of sulfonamides is 1. The molecule has 1 aromatic heterocycles. The summed E-state index contributed by atoms with van der Waals surface area (Å²) >= 11 is 0.